The van der Waals surface area contributed by atoms with Crippen LogP contribution in [0.2, 0.25) is 10.0 Å². The summed E-state index contributed by atoms with van der Waals surface area (Å²) >= 11 is 12.3. The van der Waals surface area contributed by atoms with E-state index in [0.29, 0.717) is 60.8 Å². The molecule has 1 fully saturated rings. The van der Waals surface area contributed by atoms with Gasteiger partial charge in [-0.3, -0.25) is 4.90 Å². The van der Waals surface area contributed by atoms with Crippen molar-refractivity contribution in [1.82, 2.24) is 14.8 Å². The average Bonchev–Trinajstić information content (AvgIpc) is 3.32. The van der Waals surface area contributed by atoms with Crippen molar-refractivity contribution in [3.05, 3.63) is 93.6 Å². The lowest BCUT2D eigenvalue weighted by Gasteiger charge is -2.35. The van der Waals surface area contributed by atoms with Gasteiger partial charge in [-0.15, -0.1) is 0 Å². The number of aromatic nitrogens is 1. The molecular formula is C29H26Cl2N4O4. The number of amides is 3. The fourth-order valence-corrected chi connectivity index (χ4v) is 5.48. The lowest BCUT2D eigenvalue weighted by molar-refractivity contribution is 0.0564. The number of nitrogens with one attached hydrogen (secondary N) is 2. The summed E-state index contributed by atoms with van der Waals surface area (Å²) in [6.07, 6.45) is 0.185. The van der Waals surface area contributed by atoms with Gasteiger partial charge in [-0.05, 0) is 72.1 Å². The molecule has 8 nitrogen and oxygen atoms in total. The number of anilines is 1. The summed E-state index contributed by atoms with van der Waals surface area (Å²) in [7, 11) is 0. The second-order valence-electron chi connectivity index (χ2n) is 9.53. The Balaban J connectivity index is 1.31. The minimum atomic E-state index is -0.464. The summed E-state index contributed by atoms with van der Waals surface area (Å²) < 4.78 is 11.1. The SMILES string of the molecule is O=C(Nc1ccc(C2c3[nH]c4ccc(Cl)cc4c3CCN2C(=O)Oc2ccc(Cl)cc2)cc1)N1CCOCC1. The number of morpholine rings is 1. The van der Waals surface area contributed by atoms with Gasteiger partial charge in [0.15, 0.2) is 0 Å². The Labute approximate surface area is 235 Å². The number of H-pyrrole nitrogens is 1. The van der Waals surface area contributed by atoms with Crippen LogP contribution in [0.1, 0.15) is 22.9 Å². The van der Waals surface area contributed by atoms with E-state index >= 15 is 0 Å². The second kappa shape index (κ2) is 10.8. The van der Waals surface area contributed by atoms with Crippen molar-refractivity contribution in [1.29, 1.82) is 0 Å². The zero-order chi connectivity index (χ0) is 26.9. The van der Waals surface area contributed by atoms with Crippen molar-refractivity contribution in [2.45, 2.75) is 12.5 Å². The number of carbonyl (C=O) groups excluding carboxylic acids is 2. The Bertz CT molecular complexity index is 1520. The van der Waals surface area contributed by atoms with E-state index in [1.54, 1.807) is 34.1 Å². The summed E-state index contributed by atoms with van der Waals surface area (Å²) in [5.41, 5.74) is 4.54. The second-order valence-corrected chi connectivity index (χ2v) is 10.4. The molecule has 1 unspecified atom stereocenters. The van der Waals surface area contributed by atoms with Crippen molar-refractivity contribution < 1.29 is 19.1 Å². The lowest BCUT2D eigenvalue weighted by atomic mass is 9.92. The molecule has 3 heterocycles. The number of urea groups is 1. The number of nitrogens with zero attached hydrogens (tertiary/aromatic N) is 2. The van der Waals surface area contributed by atoms with E-state index in [-0.39, 0.29) is 6.03 Å². The van der Waals surface area contributed by atoms with Gasteiger partial charge >= 0.3 is 12.1 Å². The number of fused-ring (bicyclic) bond motifs is 3. The molecule has 6 rings (SSSR count). The van der Waals surface area contributed by atoms with Crippen LogP contribution in [-0.2, 0) is 11.2 Å². The highest BCUT2D eigenvalue weighted by atomic mass is 35.5. The third kappa shape index (κ3) is 5.28. The molecule has 0 radical (unpaired) electrons. The van der Waals surface area contributed by atoms with Gasteiger partial charge < -0.3 is 24.7 Å². The van der Waals surface area contributed by atoms with Crippen LogP contribution < -0.4 is 10.1 Å². The van der Waals surface area contributed by atoms with E-state index < -0.39 is 12.1 Å². The van der Waals surface area contributed by atoms with Crippen molar-refractivity contribution >= 4 is 51.9 Å². The zero-order valence-corrected chi connectivity index (χ0v) is 22.5. The van der Waals surface area contributed by atoms with Gasteiger partial charge in [0.25, 0.3) is 0 Å². The normalized spacial score (nSPS) is 17.1. The van der Waals surface area contributed by atoms with E-state index in [9.17, 15) is 9.59 Å². The predicted molar refractivity (Wildman–Crippen MR) is 151 cm³/mol. The first-order chi connectivity index (χ1) is 19.0. The fourth-order valence-electron chi connectivity index (χ4n) is 5.18. The third-order valence-electron chi connectivity index (χ3n) is 7.12. The van der Waals surface area contributed by atoms with Crippen molar-refractivity contribution in [2.75, 3.05) is 38.2 Å². The molecule has 0 spiro atoms. The van der Waals surface area contributed by atoms with Crippen LogP contribution >= 0.6 is 23.2 Å². The van der Waals surface area contributed by atoms with Gasteiger partial charge in [0, 0.05) is 52.0 Å². The van der Waals surface area contributed by atoms with Crippen LogP contribution in [0.25, 0.3) is 10.9 Å². The molecule has 1 saturated heterocycles. The van der Waals surface area contributed by atoms with E-state index in [1.807, 2.05) is 42.5 Å². The van der Waals surface area contributed by atoms with Gasteiger partial charge in [-0.25, -0.2) is 9.59 Å². The maximum Gasteiger partial charge on any atom is 0.416 e. The molecule has 0 aliphatic carbocycles. The van der Waals surface area contributed by atoms with E-state index in [2.05, 4.69) is 10.3 Å². The maximum atomic E-state index is 13.5. The van der Waals surface area contributed by atoms with Crippen LogP contribution in [0.5, 0.6) is 5.75 Å². The Morgan fingerprint density at radius 3 is 2.38 bits per heavy atom. The summed E-state index contributed by atoms with van der Waals surface area (Å²) in [6.45, 7) is 2.65. The molecule has 3 amide bonds. The van der Waals surface area contributed by atoms with Gasteiger partial charge in [-0.2, -0.15) is 0 Å². The summed E-state index contributed by atoms with van der Waals surface area (Å²) in [4.78, 5) is 33.1. The Morgan fingerprint density at radius 2 is 1.64 bits per heavy atom. The van der Waals surface area contributed by atoms with Crippen molar-refractivity contribution in [2.24, 2.45) is 0 Å². The summed E-state index contributed by atoms with van der Waals surface area (Å²) in [5.74, 6) is 0.415. The smallest absolute Gasteiger partial charge is 0.410 e. The minimum absolute atomic E-state index is 0.160. The first-order valence-corrected chi connectivity index (χ1v) is 13.5. The van der Waals surface area contributed by atoms with E-state index in [0.717, 1.165) is 27.7 Å². The number of benzene rings is 3. The molecule has 2 aliphatic heterocycles. The highest BCUT2D eigenvalue weighted by Gasteiger charge is 2.36. The Kier molecular flexibility index (Phi) is 7.08. The predicted octanol–water partition coefficient (Wildman–Crippen LogP) is 6.49. The molecule has 3 aromatic carbocycles. The quantitative estimate of drug-likeness (QED) is 0.298. The number of halogens is 2. The summed E-state index contributed by atoms with van der Waals surface area (Å²) in [6, 6.07) is 19.4. The van der Waals surface area contributed by atoms with Crippen molar-refractivity contribution in [3.63, 3.8) is 0 Å². The van der Waals surface area contributed by atoms with Crippen molar-refractivity contribution in [3.8, 4) is 5.75 Å². The summed E-state index contributed by atoms with van der Waals surface area (Å²) in [5, 5.41) is 5.22. The number of aromatic amines is 1. The molecule has 10 heteroatoms. The zero-order valence-electron chi connectivity index (χ0n) is 21.0. The molecule has 0 saturated carbocycles. The minimum Gasteiger partial charge on any atom is -0.410 e. The molecule has 39 heavy (non-hydrogen) atoms. The largest absolute Gasteiger partial charge is 0.416 e. The van der Waals surface area contributed by atoms with Gasteiger partial charge in [0.05, 0.1) is 13.2 Å². The Morgan fingerprint density at radius 1 is 0.923 bits per heavy atom. The topological polar surface area (TPSA) is 86.9 Å². The molecule has 2 N–H and O–H groups in total. The standard InChI is InChI=1S/C29H26Cl2N4O4/c30-19-3-8-22(9-4-19)39-29(37)35-12-11-23-24-17-20(31)5-10-25(24)33-26(23)27(35)18-1-6-21(7-2-18)32-28(36)34-13-15-38-16-14-34/h1-10,17,27,33H,11-16H2,(H,32,36). The maximum absolute atomic E-state index is 13.5. The fraction of sp³-hybridized carbons (Fsp3) is 0.241. The van der Waals surface area contributed by atoms with Crippen LogP contribution in [0.4, 0.5) is 15.3 Å². The molecule has 0 bridgehead atoms. The van der Waals surface area contributed by atoms with Crippen LogP contribution in [0.15, 0.2) is 66.7 Å². The molecular weight excluding hydrogens is 539 g/mol. The molecule has 1 aromatic heterocycles. The monoisotopic (exact) mass is 564 g/mol. The molecule has 2 aliphatic rings. The number of hydrogen-bond donors (Lipinski definition) is 2. The Hall–Kier alpha value is -3.72. The first kappa shape index (κ1) is 25.6. The van der Waals surface area contributed by atoms with Crippen LogP contribution in [-0.4, -0.2) is 59.8 Å². The van der Waals surface area contributed by atoms with Gasteiger partial charge in [0.2, 0.25) is 0 Å². The lowest BCUT2D eigenvalue weighted by Crippen LogP contribution is -2.43. The van der Waals surface area contributed by atoms with Crippen LogP contribution in [0.3, 0.4) is 0 Å². The van der Waals surface area contributed by atoms with Gasteiger partial charge in [-0.1, -0.05) is 35.3 Å². The van der Waals surface area contributed by atoms with E-state index in [4.69, 9.17) is 32.7 Å². The third-order valence-corrected chi connectivity index (χ3v) is 7.61. The highest BCUT2D eigenvalue weighted by molar-refractivity contribution is 6.31. The number of rotatable bonds is 3. The molecule has 1 atom stereocenters. The highest BCUT2D eigenvalue weighted by Crippen LogP contribution is 2.40. The first-order valence-electron chi connectivity index (χ1n) is 12.7. The van der Waals surface area contributed by atoms with Crippen LogP contribution in [0, 0.1) is 0 Å². The average molecular weight is 565 g/mol. The van der Waals surface area contributed by atoms with E-state index in [1.165, 1.54) is 0 Å². The molecule has 4 aromatic rings. The number of carbonyl (C=O) groups is 2. The molecule has 200 valence electrons. The number of hydrogen-bond acceptors (Lipinski definition) is 4. The number of ether oxygens (including phenoxy) is 2. The van der Waals surface area contributed by atoms with Gasteiger partial charge in [0.1, 0.15) is 11.8 Å².